The van der Waals surface area contributed by atoms with E-state index in [0.29, 0.717) is 5.75 Å². The summed E-state index contributed by atoms with van der Waals surface area (Å²) in [5.74, 6) is 1.97. The molecule has 0 atom stereocenters. The molecular formula is C25H25BrO3. The zero-order chi connectivity index (χ0) is 20.2. The number of phenols is 1. The lowest BCUT2D eigenvalue weighted by atomic mass is 9.48. The van der Waals surface area contributed by atoms with Crippen LogP contribution in [0.25, 0.3) is 17.2 Å². The fourth-order valence-electron chi connectivity index (χ4n) is 6.61. The van der Waals surface area contributed by atoms with E-state index in [1.807, 2.05) is 30.3 Å². The highest BCUT2D eigenvalue weighted by Gasteiger charge is 2.52. The molecule has 29 heavy (non-hydrogen) atoms. The summed E-state index contributed by atoms with van der Waals surface area (Å²) in [5, 5.41) is 19.6. The second kappa shape index (κ2) is 7.02. The molecule has 4 saturated carbocycles. The summed E-state index contributed by atoms with van der Waals surface area (Å²) in [7, 11) is 0. The van der Waals surface area contributed by atoms with E-state index in [9.17, 15) is 9.90 Å². The van der Waals surface area contributed by atoms with E-state index in [1.54, 1.807) is 6.08 Å². The Hall–Kier alpha value is -2.07. The van der Waals surface area contributed by atoms with E-state index >= 15 is 0 Å². The van der Waals surface area contributed by atoms with E-state index in [-0.39, 0.29) is 5.41 Å². The predicted molar refractivity (Wildman–Crippen MR) is 118 cm³/mol. The van der Waals surface area contributed by atoms with Gasteiger partial charge >= 0.3 is 5.97 Å². The molecule has 2 aromatic carbocycles. The Balaban J connectivity index is 1.51. The second-order valence-corrected chi connectivity index (χ2v) is 10.2. The molecule has 0 heterocycles. The number of hydrogen-bond donors (Lipinski definition) is 2. The van der Waals surface area contributed by atoms with Crippen molar-refractivity contribution in [2.24, 2.45) is 17.8 Å². The molecule has 4 aliphatic rings. The summed E-state index contributed by atoms with van der Waals surface area (Å²) in [5.41, 5.74) is 4.27. The minimum absolute atomic E-state index is 0.144. The lowest BCUT2D eigenvalue weighted by Gasteiger charge is -2.57. The summed E-state index contributed by atoms with van der Waals surface area (Å²) < 4.78 is 0.923. The monoisotopic (exact) mass is 452 g/mol. The zero-order valence-electron chi connectivity index (χ0n) is 16.3. The van der Waals surface area contributed by atoms with Crippen LogP contribution >= 0.6 is 15.9 Å². The van der Waals surface area contributed by atoms with Gasteiger partial charge in [0.2, 0.25) is 0 Å². The van der Waals surface area contributed by atoms with Crippen molar-refractivity contribution in [2.75, 3.05) is 0 Å². The van der Waals surface area contributed by atoms with Crippen LogP contribution < -0.4 is 0 Å². The molecular weight excluding hydrogens is 428 g/mol. The first-order valence-corrected chi connectivity index (χ1v) is 11.3. The maximum Gasteiger partial charge on any atom is 0.328 e. The van der Waals surface area contributed by atoms with Crippen LogP contribution in [-0.4, -0.2) is 16.2 Å². The molecule has 0 spiro atoms. The number of hydrogen-bond acceptors (Lipinski definition) is 2. The summed E-state index contributed by atoms with van der Waals surface area (Å²) in [6, 6.07) is 11.9. The van der Waals surface area contributed by atoms with Crippen LogP contribution in [0.2, 0.25) is 0 Å². The Bertz CT molecular complexity index is 972. The standard InChI is InChI=1S/C25H25BrO3/c26-22-10-15(2-6-24(28)29)1-4-20(22)19-3-5-23(27)21(11-19)25-12-16-7-17(13-25)9-18(8-16)14-25/h1-6,10-11,16-18,27H,7-9,12-14H2,(H,28,29)/b6-2+. The minimum Gasteiger partial charge on any atom is -0.508 e. The Morgan fingerprint density at radius 2 is 1.66 bits per heavy atom. The molecule has 2 aromatic rings. The maximum absolute atomic E-state index is 10.8. The lowest BCUT2D eigenvalue weighted by molar-refractivity contribution is -0.131. The smallest absolute Gasteiger partial charge is 0.328 e. The summed E-state index contributed by atoms with van der Waals surface area (Å²) in [6.45, 7) is 0. The molecule has 4 fully saturated rings. The van der Waals surface area contributed by atoms with Gasteiger partial charge in [0, 0.05) is 16.1 Å². The van der Waals surface area contributed by atoms with Crippen LogP contribution in [-0.2, 0) is 10.2 Å². The van der Waals surface area contributed by atoms with Gasteiger partial charge in [-0.3, -0.25) is 0 Å². The molecule has 4 aliphatic carbocycles. The van der Waals surface area contributed by atoms with Gasteiger partial charge in [0.25, 0.3) is 0 Å². The van der Waals surface area contributed by atoms with Crippen molar-refractivity contribution in [3.05, 3.63) is 58.1 Å². The third-order valence-electron chi connectivity index (χ3n) is 7.33. The topological polar surface area (TPSA) is 57.5 Å². The van der Waals surface area contributed by atoms with Crippen molar-refractivity contribution in [1.82, 2.24) is 0 Å². The van der Waals surface area contributed by atoms with Crippen LogP contribution in [0.1, 0.15) is 49.7 Å². The molecule has 6 rings (SSSR count). The molecule has 2 N–H and O–H groups in total. The van der Waals surface area contributed by atoms with Crippen molar-refractivity contribution in [1.29, 1.82) is 0 Å². The third kappa shape index (κ3) is 3.42. The van der Waals surface area contributed by atoms with Crippen LogP contribution in [0.15, 0.2) is 46.9 Å². The highest BCUT2D eigenvalue weighted by molar-refractivity contribution is 9.10. The Morgan fingerprint density at radius 3 is 2.24 bits per heavy atom. The molecule has 4 bridgehead atoms. The largest absolute Gasteiger partial charge is 0.508 e. The summed E-state index contributed by atoms with van der Waals surface area (Å²) >= 11 is 3.65. The lowest BCUT2D eigenvalue weighted by Crippen LogP contribution is -2.48. The highest BCUT2D eigenvalue weighted by Crippen LogP contribution is 2.62. The van der Waals surface area contributed by atoms with Crippen molar-refractivity contribution < 1.29 is 15.0 Å². The van der Waals surface area contributed by atoms with Crippen molar-refractivity contribution in [2.45, 2.75) is 43.9 Å². The average Bonchev–Trinajstić information content (AvgIpc) is 2.66. The molecule has 0 aliphatic heterocycles. The van der Waals surface area contributed by atoms with E-state index in [2.05, 4.69) is 22.0 Å². The number of aromatic hydroxyl groups is 1. The fraction of sp³-hybridized carbons (Fsp3) is 0.400. The molecule has 0 saturated heterocycles. The van der Waals surface area contributed by atoms with Gasteiger partial charge in [-0.2, -0.15) is 0 Å². The Kier molecular flexibility index (Phi) is 4.58. The van der Waals surface area contributed by atoms with Crippen LogP contribution in [0.5, 0.6) is 5.75 Å². The zero-order valence-corrected chi connectivity index (χ0v) is 17.9. The number of rotatable bonds is 4. The summed E-state index contributed by atoms with van der Waals surface area (Å²) in [4.78, 5) is 10.8. The number of halogens is 1. The first-order chi connectivity index (χ1) is 13.9. The molecule has 0 unspecified atom stereocenters. The van der Waals surface area contributed by atoms with Crippen molar-refractivity contribution in [3.63, 3.8) is 0 Å². The number of benzene rings is 2. The number of phenolic OH excluding ortho intramolecular Hbond substituents is 1. The van der Waals surface area contributed by atoms with Gasteiger partial charge in [0.05, 0.1) is 0 Å². The van der Waals surface area contributed by atoms with Gasteiger partial charge in [-0.1, -0.05) is 34.1 Å². The van der Waals surface area contributed by atoms with Gasteiger partial charge in [-0.05, 0) is 103 Å². The molecule has 150 valence electrons. The van der Waals surface area contributed by atoms with Crippen molar-refractivity contribution in [3.8, 4) is 16.9 Å². The maximum atomic E-state index is 10.8. The number of aliphatic carboxylic acids is 1. The highest BCUT2D eigenvalue weighted by atomic mass is 79.9. The van der Waals surface area contributed by atoms with Crippen LogP contribution in [0.4, 0.5) is 0 Å². The molecule has 0 amide bonds. The summed E-state index contributed by atoms with van der Waals surface area (Å²) in [6.07, 6.45) is 10.5. The third-order valence-corrected chi connectivity index (χ3v) is 7.98. The van der Waals surface area contributed by atoms with Crippen LogP contribution in [0.3, 0.4) is 0 Å². The van der Waals surface area contributed by atoms with Crippen LogP contribution in [0, 0.1) is 17.8 Å². The fourth-order valence-corrected chi connectivity index (χ4v) is 7.23. The second-order valence-electron chi connectivity index (χ2n) is 9.34. The van der Waals surface area contributed by atoms with Crippen molar-refractivity contribution >= 4 is 28.0 Å². The average molecular weight is 453 g/mol. The van der Waals surface area contributed by atoms with E-state index in [1.165, 1.54) is 38.5 Å². The Labute approximate surface area is 179 Å². The molecule has 0 radical (unpaired) electrons. The number of carboxylic acids is 1. The number of carbonyl (C=O) groups is 1. The van der Waals surface area contributed by atoms with E-state index in [0.717, 1.165) is 50.6 Å². The molecule has 4 heteroatoms. The SMILES string of the molecule is O=C(O)/C=C/c1ccc(-c2ccc(O)c(C34CC5CC(CC(C5)C3)C4)c2)c(Br)c1. The van der Waals surface area contributed by atoms with Gasteiger partial charge < -0.3 is 10.2 Å². The van der Waals surface area contributed by atoms with Gasteiger partial charge in [-0.25, -0.2) is 4.79 Å². The minimum atomic E-state index is -0.955. The van der Waals surface area contributed by atoms with E-state index in [4.69, 9.17) is 5.11 Å². The predicted octanol–water partition coefficient (Wildman–Crippen LogP) is 6.39. The first-order valence-electron chi connectivity index (χ1n) is 10.5. The van der Waals surface area contributed by atoms with Gasteiger partial charge in [0.15, 0.2) is 0 Å². The van der Waals surface area contributed by atoms with Gasteiger partial charge in [0.1, 0.15) is 5.75 Å². The van der Waals surface area contributed by atoms with Gasteiger partial charge in [-0.15, -0.1) is 0 Å². The normalized spacial score (nSPS) is 30.2. The Morgan fingerprint density at radius 1 is 1.00 bits per heavy atom. The number of carboxylic acid groups (broad SMARTS) is 1. The van der Waals surface area contributed by atoms with E-state index < -0.39 is 5.97 Å². The molecule has 3 nitrogen and oxygen atoms in total. The first kappa shape index (κ1) is 18.9. The molecule has 0 aromatic heterocycles. The quantitative estimate of drug-likeness (QED) is 0.528.